The average Bonchev–Trinajstić information content (AvgIpc) is 2.43. The monoisotopic (exact) mass is 374 g/mol. The Kier molecular flexibility index (Phi) is 22.4. The van der Waals surface area contributed by atoms with Crippen LogP contribution < -0.4 is 57.1 Å². The fourth-order valence-corrected chi connectivity index (χ4v) is 0.499. The van der Waals surface area contributed by atoms with Gasteiger partial charge in [-0.2, -0.15) is 26.3 Å². The molecule has 0 saturated carbocycles. The van der Waals surface area contributed by atoms with Gasteiger partial charge in [0.05, 0.1) is 0 Å². The number of carbonyl (C=O) groups excluding carboxylic acids is 2. The van der Waals surface area contributed by atoms with E-state index in [1.54, 1.807) is 0 Å². The van der Waals surface area contributed by atoms with E-state index < -0.39 is 26.3 Å². The van der Waals surface area contributed by atoms with Crippen molar-refractivity contribution in [2.75, 3.05) is 0 Å². The van der Waals surface area contributed by atoms with Crippen LogP contribution in [-0.2, 0) is 28.4 Å². The number of carbonyl (C=O) groups is 2. The summed E-state index contributed by atoms with van der Waals surface area (Å²) in [5.74, 6) is -1.80. The molecule has 13 heteroatoms. The molecule has 2 amide bonds. The second kappa shape index (κ2) is 17.3. The van der Waals surface area contributed by atoms with E-state index in [9.17, 15) is 9.59 Å². The van der Waals surface area contributed by atoms with Crippen LogP contribution in [0.4, 0.5) is 0 Å². The number of rotatable bonds is 1. The van der Waals surface area contributed by atoms with Gasteiger partial charge in [-0.1, -0.05) is 0 Å². The predicted octanol–water partition coefficient (Wildman–Crippen LogP) is -4.85. The molecule has 0 spiro atoms. The third-order valence-corrected chi connectivity index (χ3v) is 1.23. The van der Waals surface area contributed by atoms with Gasteiger partial charge in [-0.15, -0.1) is 4.90 Å². The molecule has 0 aliphatic heterocycles. The Morgan fingerprint density at radius 1 is 1.09 bits per heavy atom. The molecule has 0 fully saturated rings. The first-order chi connectivity index (χ1) is 9.76. The molecule has 22 heavy (non-hydrogen) atoms. The van der Waals surface area contributed by atoms with Crippen molar-refractivity contribution >= 4 is 11.8 Å². The summed E-state index contributed by atoms with van der Waals surface area (Å²) in [4.78, 5) is 20.3. The van der Waals surface area contributed by atoms with Crippen molar-refractivity contribution in [1.82, 2.24) is 4.90 Å². The Balaban J connectivity index is -0.000000171. The van der Waals surface area contributed by atoms with E-state index in [-0.39, 0.29) is 62.2 Å². The number of nitrogens with zero attached hydrogens (tertiary/aromatic N) is 6. The van der Waals surface area contributed by atoms with E-state index in [0.29, 0.717) is 0 Å². The van der Waals surface area contributed by atoms with Gasteiger partial charge < -0.3 is 5.73 Å². The van der Waals surface area contributed by atoms with Crippen LogP contribution in [0.3, 0.4) is 0 Å². The van der Waals surface area contributed by atoms with Crippen LogP contribution in [0.2, 0.25) is 0 Å². The summed E-state index contributed by atoms with van der Waals surface area (Å²) in [5, 5.41) is 41.8. The van der Waals surface area contributed by atoms with Gasteiger partial charge >= 0.3 is 79.8 Å². The zero-order valence-electron chi connectivity index (χ0n) is 11.3. The molecule has 0 aliphatic carbocycles. The van der Waals surface area contributed by atoms with Crippen LogP contribution in [0.5, 0.6) is 0 Å². The first-order valence-electron chi connectivity index (χ1n) is 4.27. The third-order valence-electron chi connectivity index (χ3n) is 1.23. The minimum atomic E-state index is -2.63. The summed E-state index contributed by atoms with van der Waals surface area (Å²) in [6.07, 6.45) is 2.26. The molecule has 0 aromatic carbocycles. The van der Waals surface area contributed by atoms with E-state index in [1.807, 2.05) is 0 Å². The topological polar surface area (TPSA) is 220 Å². The molecule has 0 unspecified atom stereocenters. The first-order valence-corrected chi connectivity index (χ1v) is 5.16. The van der Waals surface area contributed by atoms with Crippen LogP contribution in [-0.4, -0.2) is 20.9 Å². The van der Waals surface area contributed by atoms with Crippen LogP contribution in [0, 0.1) is 62.3 Å². The second-order valence-electron chi connectivity index (χ2n) is 2.60. The maximum atomic E-state index is 11.1. The van der Waals surface area contributed by atoms with Crippen molar-refractivity contribution in [3.8, 4) is 30.6 Å². The average molecular weight is 374 g/mol. The Morgan fingerprint density at radius 3 is 1.45 bits per heavy atom. The normalized spacial score (nSPS) is 7.14. The molecule has 0 saturated heterocycles. The summed E-state index contributed by atoms with van der Waals surface area (Å²) < 4.78 is 15.4. The molecule has 11 nitrogen and oxygen atoms in total. The van der Waals surface area contributed by atoms with Gasteiger partial charge in [0.15, 0.2) is 0 Å². The van der Waals surface area contributed by atoms with Crippen molar-refractivity contribution in [2.45, 2.75) is 6.92 Å². The summed E-state index contributed by atoms with van der Waals surface area (Å²) in [6, 6.07) is 3.44. The van der Waals surface area contributed by atoms with Gasteiger partial charge in [0.1, 0.15) is 18.2 Å². The third kappa shape index (κ3) is 12.1. The quantitative estimate of drug-likeness (QED) is 0.255. The number of nitrogens with two attached hydrogens (primary N) is 1. The number of nitriles is 5. The summed E-state index contributed by atoms with van der Waals surface area (Å²) >= 11 is -0.812. The minimum absolute atomic E-state index is 0. The van der Waals surface area contributed by atoms with Crippen molar-refractivity contribution < 1.29 is 84.0 Å². The molecule has 0 aromatic rings. The fourth-order valence-electron chi connectivity index (χ4n) is 0.499. The molecule has 111 valence electrons. The fraction of sp³-hybridized carbons (Fsp3) is 0.222. The van der Waals surface area contributed by atoms with Crippen molar-refractivity contribution in [1.29, 1.82) is 26.3 Å². The molecule has 0 bridgehead atoms. The number of amides is 2. The van der Waals surface area contributed by atoms with Gasteiger partial charge in [0.2, 0.25) is 18.3 Å². The summed E-state index contributed by atoms with van der Waals surface area (Å²) in [5.41, 5.74) is 1.84. The van der Waals surface area contributed by atoms with Crippen LogP contribution >= 0.6 is 0 Å². The van der Waals surface area contributed by atoms with E-state index in [0.717, 1.165) is 30.6 Å². The molecule has 3 N–H and O–H groups in total. The summed E-state index contributed by atoms with van der Waals surface area (Å²) in [6.45, 7) is 1.31. The standard InChI is InChI=1S/C7N6O.C2H5NO.Co.K.H2O.O/c8-1-7(2-9,3-10)6(14)13(4-11)5-12;1-2(3)4;;;;/h;1H3,(H2,3,4);;;1H2;/q;;;+1;;/p-1. The Bertz CT molecular complexity index is 550. The maximum absolute atomic E-state index is 11.1. The van der Waals surface area contributed by atoms with Crippen molar-refractivity contribution in [2.24, 2.45) is 11.1 Å². The van der Waals surface area contributed by atoms with Crippen LogP contribution in [0.15, 0.2) is 0 Å². The number of hydrogen-bond acceptors (Lipinski definition) is 8. The van der Waals surface area contributed by atoms with E-state index in [1.165, 1.54) is 6.92 Å². The van der Waals surface area contributed by atoms with Gasteiger partial charge in [-0.05, 0) is 0 Å². The molecule has 0 aliphatic rings. The van der Waals surface area contributed by atoms with Crippen LogP contribution in [0.1, 0.15) is 6.92 Å². The molecule has 0 aromatic heterocycles. The van der Waals surface area contributed by atoms with Gasteiger partial charge in [0.25, 0.3) is 5.91 Å². The molecule has 0 heterocycles. The SMILES string of the molecule is CC(N)=O.N#CN(C#N)C(=O)C(C#N)(C#N)C#N.[K+].[O]=[Co-][OH]. The molecular weight excluding hydrogens is 368 g/mol. The Hall–Kier alpha value is -1.71. The Labute approximate surface area is 174 Å². The van der Waals surface area contributed by atoms with E-state index in [4.69, 9.17) is 34.4 Å². The molecule has 0 atom stereocenters. The van der Waals surface area contributed by atoms with Gasteiger partial charge in [0, 0.05) is 6.92 Å². The van der Waals surface area contributed by atoms with Crippen molar-refractivity contribution in [3.05, 3.63) is 0 Å². The first kappa shape index (κ1) is 28.5. The zero-order valence-corrected chi connectivity index (χ0v) is 15.4. The number of hydrogen-bond donors (Lipinski definition) is 2. The van der Waals surface area contributed by atoms with Gasteiger partial charge in [-0.3, -0.25) is 9.59 Å². The second-order valence-corrected chi connectivity index (χ2v) is 2.79. The summed E-state index contributed by atoms with van der Waals surface area (Å²) in [7, 11) is 0. The zero-order chi connectivity index (χ0) is 17.5. The predicted molar refractivity (Wildman–Crippen MR) is 55.1 cm³/mol. The van der Waals surface area contributed by atoms with Gasteiger partial charge in [-0.25, -0.2) is 0 Å². The van der Waals surface area contributed by atoms with E-state index >= 15 is 0 Å². The Morgan fingerprint density at radius 2 is 1.32 bits per heavy atom. The number of primary amides is 1. The van der Waals surface area contributed by atoms with Crippen molar-refractivity contribution in [3.63, 3.8) is 0 Å². The molecule has 0 rings (SSSR count). The molecular formula is C9H6CoKN7O4. The van der Waals surface area contributed by atoms with E-state index in [2.05, 4.69) is 5.73 Å². The van der Waals surface area contributed by atoms with Crippen LogP contribution in [0.25, 0.3) is 0 Å². The molecule has 0 radical (unpaired) electrons.